The predicted octanol–water partition coefficient (Wildman–Crippen LogP) is 3.06. The molecule has 0 unspecified atom stereocenters. The van der Waals surface area contributed by atoms with Crippen LogP contribution < -0.4 is 0 Å². The van der Waals surface area contributed by atoms with Crippen LogP contribution in [0.1, 0.15) is 0 Å². The smallest absolute Gasteiger partial charge is 0.210 e. The van der Waals surface area contributed by atoms with Gasteiger partial charge < -0.3 is 5.11 Å². The van der Waals surface area contributed by atoms with Crippen molar-refractivity contribution in [2.75, 3.05) is 0 Å². The van der Waals surface area contributed by atoms with Gasteiger partial charge >= 0.3 is 0 Å². The molecule has 0 aromatic heterocycles. The largest absolute Gasteiger partial charge is 0.507 e. The number of phenols is 1. The number of aromatic hydroxyl groups is 1. The third-order valence-electron chi connectivity index (χ3n) is 3.64. The van der Waals surface area contributed by atoms with Gasteiger partial charge in [0.1, 0.15) is 10.6 Å². The lowest BCUT2D eigenvalue weighted by Crippen LogP contribution is -2.05. The van der Waals surface area contributed by atoms with E-state index in [2.05, 4.69) is 0 Å². The number of rotatable bonds is 4. The Balaban J connectivity index is 2.09. The Bertz CT molecular complexity index is 1100. The highest BCUT2D eigenvalue weighted by molar-refractivity contribution is 7.92. The normalized spacial score (nSPS) is 12.0. The highest BCUT2D eigenvalue weighted by Crippen LogP contribution is 2.32. The molecule has 1 N–H and O–H groups in total. The maximum atomic E-state index is 12.6. The first-order chi connectivity index (χ1) is 11.8. The Kier molecular flexibility index (Phi) is 4.36. The SMILES string of the molecule is O=S(=O)(c1ccccc1)c1ccc(S(=O)(=O)c2ccccc2)c(O)c1. The third-order valence-corrected chi connectivity index (χ3v) is 7.22. The van der Waals surface area contributed by atoms with Crippen LogP contribution in [0.4, 0.5) is 0 Å². The van der Waals surface area contributed by atoms with E-state index in [0.717, 1.165) is 12.1 Å². The molecule has 0 saturated carbocycles. The van der Waals surface area contributed by atoms with Crippen molar-refractivity contribution in [1.29, 1.82) is 0 Å². The molecule has 0 amide bonds. The van der Waals surface area contributed by atoms with Gasteiger partial charge in [-0.15, -0.1) is 0 Å². The average molecular weight is 374 g/mol. The molecule has 128 valence electrons. The van der Waals surface area contributed by atoms with E-state index in [1.807, 2.05) is 0 Å². The van der Waals surface area contributed by atoms with Gasteiger partial charge in [0, 0.05) is 6.07 Å². The summed E-state index contributed by atoms with van der Waals surface area (Å²) in [5.74, 6) is -0.610. The molecular formula is C18H14O5S2. The summed E-state index contributed by atoms with van der Waals surface area (Å²) in [6, 6.07) is 18.6. The van der Waals surface area contributed by atoms with E-state index in [4.69, 9.17) is 0 Å². The van der Waals surface area contributed by atoms with E-state index in [1.165, 1.54) is 30.3 Å². The van der Waals surface area contributed by atoms with Crippen LogP contribution in [0.25, 0.3) is 0 Å². The maximum absolute atomic E-state index is 12.6. The Hall–Kier alpha value is -2.64. The molecule has 25 heavy (non-hydrogen) atoms. The highest BCUT2D eigenvalue weighted by atomic mass is 32.2. The number of phenolic OH excluding ortho intramolecular Hbond substituents is 1. The standard InChI is InChI=1S/C18H14O5S2/c19-17-13-16(24(20,21)14-7-3-1-4-8-14)11-12-18(17)25(22,23)15-9-5-2-6-10-15/h1-13,19H. The Labute approximate surface area is 146 Å². The Morgan fingerprint density at radius 1 is 0.560 bits per heavy atom. The first kappa shape index (κ1) is 17.2. The van der Waals surface area contributed by atoms with Crippen molar-refractivity contribution in [2.45, 2.75) is 19.6 Å². The first-order valence-corrected chi connectivity index (χ1v) is 10.2. The summed E-state index contributed by atoms with van der Waals surface area (Å²) in [6.45, 7) is 0. The second-order valence-electron chi connectivity index (χ2n) is 5.26. The summed E-state index contributed by atoms with van der Waals surface area (Å²) < 4.78 is 50.3. The van der Waals surface area contributed by atoms with Gasteiger partial charge in [-0.1, -0.05) is 36.4 Å². The summed E-state index contributed by atoms with van der Waals surface area (Å²) in [6.07, 6.45) is 0. The molecule has 0 aliphatic rings. The molecule has 0 saturated heterocycles. The minimum atomic E-state index is -3.94. The molecule has 0 atom stereocenters. The van der Waals surface area contributed by atoms with E-state index in [1.54, 1.807) is 36.4 Å². The molecule has 3 rings (SSSR count). The van der Waals surface area contributed by atoms with E-state index < -0.39 is 25.4 Å². The van der Waals surface area contributed by atoms with E-state index in [9.17, 15) is 21.9 Å². The van der Waals surface area contributed by atoms with Gasteiger partial charge in [0.05, 0.1) is 14.7 Å². The van der Waals surface area contributed by atoms with Crippen molar-refractivity contribution in [2.24, 2.45) is 0 Å². The third kappa shape index (κ3) is 3.16. The average Bonchev–Trinajstić information content (AvgIpc) is 2.63. The predicted molar refractivity (Wildman–Crippen MR) is 91.9 cm³/mol. The second-order valence-corrected chi connectivity index (χ2v) is 9.13. The zero-order chi connectivity index (χ0) is 18.1. The van der Waals surface area contributed by atoms with Gasteiger partial charge in [-0.05, 0) is 36.4 Å². The summed E-state index contributed by atoms with van der Waals surface area (Å²) in [5, 5.41) is 10.2. The van der Waals surface area contributed by atoms with Crippen LogP contribution in [0, 0.1) is 0 Å². The summed E-state index contributed by atoms with van der Waals surface area (Å²) in [5.41, 5.74) is 0. The Morgan fingerprint density at radius 3 is 1.52 bits per heavy atom. The molecule has 0 spiro atoms. The van der Waals surface area contributed by atoms with Crippen molar-refractivity contribution in [3.63, 3.8) is 0 Å². The van der Waals surface area contributed by atoms with Crippen LogP contribution in [-0.2, 0) is 19.7 Å². The van der Waals surface area contributed by atoms with E-state index in [-0.39, 0.29) is 19.6 Å². The van der Waals surface area contributed by atoms with Gasteiger partial charge in [-0.25, -0.2) is 16.8 Å². The zero-order valence-electron chi connectivity index (χ0n) is 12.9. The quantitative estimate of drug-likeness (QED) is 0.758. The fraction of sp³-hybridized carbons (Fsp3) is 0. The summed E-state index contributed by atoms with van der Waals surface area (Å²) in [4.78, 5) is -0.439. The molecule has 3 aromatic rings. The van der Waals surface area contributed by atoms with E-state index in [0.29, 0.717) is 0 Å². The van der Waals surface area contributed by atoms with Crippen molar-refractivity contribution in [1.82, 2.24) is 0 Å². The molecule has 0 heterocycles. The summed E-state index contributed by atoms with van der Waals surface area (Å²) >= 11 is 0. The van der Waals surface area contributed by atoms with Crippen LogP contribution in [0.3, 0.4) is 0 Å². The highest BCUT2D eigenvalue weighted by Gasteiger charge is 2.24. The topological polar surface area (TPSA) is 88.5 Å². The molecule has 3 aromatic carbocycles. The molecule has 5 nitrogen and oxygen atoms in total. The minimum absolute atomic E-state index is 0.0176. The molecule has 0 radical (unpaired) electrons. The van der Waals surface area contributed by atoms with Gasteiger partial charge in [-0.2, -0.15) is 0 Å². The maximum Gasteiger partial charge on any atom is 0.210 e. The van der Waals surface area contributed by atoms with Crippen LogP contribution in [-0.4, -0.2) is 21.9 Å². The van der Waals surface area contributed by atoms with Crippen LogP contribution in [0.2, 0.25) is 0 Å². The van der Waals surface area contributed by atoms with Gasteiger partial charge in [0.25, 0.3) is 0 Å². The number of hydrogen-bond donors (Lipinski definition) is 1. The number of benzene rings is 3. The van der Waals surface area contributed by atoms with Crippen molar-refractivity contribution < 1.29 is 21.9 Å². The summed E-state index contributed by atoms with van der Waals surface area (Å²) in [7, 11) is -7.78. The monoisotopic (exact) mass is 374 g/mol. The fourth-order valence-corrected chi connectivity index (χ4v) is 5.01. The van der Waals surface area contributed by atoms with Crippen LogP contribution >= 0.6 is 0 Å². The lowest BCUT2D eigenvalue weighted by molar-refractivity contribution is 0.456. The lowest BCUT2D eigenvalue weighted by atomic mass is 10.3. The number of sulfone groups is 2. The Morgan fingerprint density at radius 2 is 1.04 bits per heavy atom. The molecule has 0 bridgehead atoms. The molecular weight excluding hydrogens is 360 g/mol. The molecule has 0 aliphatic carbocycles. The lowest BCUT2D eigenvalue weighted by Gasteiger charge is -2.09. The zero-order valence-corrected chi connectivity index (χ0v) is 14.5. The molecule has 0 fully saturated rings. The van der Waals surface area contributed by atoms with Gasteiger partial charge in [-0.3, -0.25) is 0 Å². The van der Waals surface area contributed by atoms with E-state index >= 15 is 0 Å². The van der Waals surface area contributed by atoms with Crippen molar-refractivity contribution in [3.05, 3.63) is 78.9 Å². The molecule has 0 aliphatic heterocycles. The van der Waals surface area contributed by atoms with Gasteiger partial charge in [0.2, 0.25) is 19.7 Å². The van der Waals surface area contributed by atoms with Crippen LogP contribution in [0.5, 0.6) is 5.75 Å². The number of hydrogen-bond acceptors (Lipinski definition) is 5. The first-order valence-electron chi connectivity index (χ1n) is 7.27. The second kappa shape index (κ2) is 6.34. The minimum Gasteiger partial charge on any atom is -0.507 e. The fourth-order valence-electron chi connectivity index (χ4n) is 2.35. The van der Waals surface area contributed by atoms with Crippen molar-refractivity contribution >= 4 is 19.7 Å². The van der Waals surface area contributed by atoms with Gasteiger partial charge in [0.15, 0.2) is 0 Å². The molecule has 7 heteroatoms. The van der Waals surface area contributed by atoms with Crippen LogP contribution in [0.15, 0.2) is 98.4 Å². The van der Waals surface area contributed by atoms with Crippen molar-refractivity contribution in [3.8, 4) is 5.75 Å².